The van der Waals surface area contributed by atoms with Gasteiger partial charge in [0.1, 0.15) is 5.75 Å². The lowest BCUT2D eigenvalue weighted by molar-refractivity contribution is -0.365. The van der Waals surface area contributed by atoms with Crippen molar-refractivity contribution >= 4 is 16.8 Å². The maximum absolute atomic E-state index is 14.5. The SMILES string of the molecule is O=C(Cl)c1ccc(OC(=C(C(F)(C(F)(F)F)C(F)(F)F)C(F)(C(F)(F)F)C(F)(F)F)C(F)(F)F)cc1. The second-order valence-corrected chi connectivity index (χ2v) is 6.75. The van der Waals surface area contributed by atoms with Crippen molar-refractivity contribution < 1.29 is 84.2 Å². The van der Waals surface area contributed by atoms with Crippen molar-refractivity contribution in [3.63, 3.8) is 0 Å². The molecule has 0 saturated carbocycles. The number of hydrogen-bond acceptors (Lipinski definition) is 2. The molecule has 0 aliphatic heterocycles. The smallest absolute Gasteiger partial charge is 0.449 e. The van der Waals surface area contributed by atoms with Gasteiger partial charge in [-0.25, -0.2) is 8.78 Å². The molecule has 0 saturated heterocycles. The lowest BCUT2D eigenvalue weighted by Gasteiger charge is -2.41. The van der Waals surface area contributed by atoms with E-state index in [9.17, 15) is 79.4 Å². The zero-order valence-corrected chi connectivity index (χ0v) is 16.7. The van der Waals surface area contributed by atoms with Gasteiger partial charge >= 0.3 is 42.2 Å². The summed E-state index contributed by atoms with van der Waals surface area (Å²) in [6.45, 7) is 0. The van der Waals surface area contributed by atoms with Crippen LogP contribution in [-0.2, 0) is 0 Å². The molecule has 0 aliphatic rings. The van der Waals surface area contributed by atoms with Gasteiger partial charge in [0.2, 0.25) is 5.76 Å². The molecule has 1 rings (SSSR count). The van der Waals surface area contributed by atoms with Crippen molar-refractivity contribution in [2.45, 2.75) is 42.2 Å². The van der Waals surface area contributed by atoms with Crippen LogP contribution < -0.4 is 4.74 Å². The minimum Gasteiger partial charge on any atom is -0.452 e. The molecule has 20 heteroatoms. The predicted octanol–water partition coefficient (Wildman–Crippen LogP) is 7.93. The van der Waals surface area contributed by atoms with Crippen LogP contribution in [0.3, 0.4) is 0 Å². The monoisotopic (exact) mass is 586 g/mol. The molecule has 0 atom stereocenters. The summed E-state index contributed by atoms with van der Waals surface area (Å²) in [5, 5.41) is -1.40. The molecule has 0 heterocycles. The highest BCUT2D eigenvalue weighted by molar-refractivity contribution is 6.67. The van der Waals surface area contributed by atoms with E-state index in [0.717, 1.165) is 0 Å². The molecule has 0 amide bonds. The summed E-state index contributed by atoms with van der Waals surface area (Å²) in [5.41, 5.74) is -22.8. The second-order valence-electron chi connectivity index (χ2n) is 6.41. The Morgan fingerprint density at radius 2 is 0.889 bits per heavy atom. The molecule has 0 spiro atoms. The van der Waals surface area contributed by atoms with Crippen molar-refractivity contribution in [1.29, 1.82) is 0 Å². The van der Waals surface area contributed by atoms with Gasteiger partial charge in [-0.2, -0.15) is 65.9 Å². The Morgan fingerprint density at radius 3 is 1.11 bits per heavy atom. The van der Waals surface area contributed by atoms with Gasteiger partial charge in [0, 0.05) is 5.56 Å². The van der Waals surface area contributed by atoms with Gasteiger partial charge in [-0.15, -0.1) is 0 Å². The van der Waals surface area contributed by atoms with Crippen LogP contribution in [0.2, 0.25) is 0 Å². The van der Waals surface area contributed by atoms with E-state index in [1.807, 2.05) is 0 Å². The lowest BCUT2D eigenvalue weighted by atomic mass is 9.79. The van der Waals surface area contributed by atoms with E-state index in [1.54, 1.807) is 0 Å². The van der Waals surface area contributed by atoms with Crippen LogP contribution in [0.4, 0.5) is 74.6 Å². The van der Waals surface area contributed by atoms with Crippen molar-refractivity contribution in [3.05, 3.63) is 41.2 Å². The van der Waals surface area contributed by atoms with Crippen LogP contribution in [0, 0.1) is 0 Å². The lowest BCUT2D eigenvalue weighted by Crippen LogP contribution is -2.67. The summed E-state index contributed by atoms with van der Waals surface area (Å²) in [6.07, 6.45) is -39.6. The molecule has 0 aromatic heterocycles. The molecule has 1 aromatic carbocycles. The summed E-state index contributed by atoms with van der Waals surface area (Å²) >= 11 is 4.94. The molecular formula is C16H4ClF17O2. The Kier molecular flexibility index (Phi) is 8.00. The van der Waals surface area contributed by atoms with E-state index in [-0.39, 0.29) is 12.1 Å². The first-order valence-electron chi connectivity index (χ1n) is 8.09. The van der Waals surface area contributed by atoms with Gasteiger partial charge in [-0.1, -0.05) is 0 Å². The highest BCUT2D eigenvalue weighted by Crippen LogP contribution is 2.63. The number of carbonyl (C=O) groups excluding carboxylic acids is 1. The number of allylic oxidation sites excluding steroid dienone is 2. The third kappa shape index (κ3) is 5.44. The Balaban J connectivity index is 4.44. The van der Waals surface area contributed by atoms with Crippen molar-refractivity contribution in [1.82, 2.24) is 0 Å². The van der Waals surface area contributed by atoms with E-state index in [4.69, 9.17) is 11.6 Å². The van der Waals surface area contributed by atoms with Crippen molar-refractivity contribution in [3.8, 4) is 5.75 Å². The van der Waals surface area contributed by atoms with Crippen LogP contribution in [0.25, 0.3) is 0 Å². The number of rotatable bonds is 5. The van der Waals surface area contributed by atoms with Crippen LogP contribution in [0.1, 0.15) is 10.4 Å². The Hall–Kier alpha value is -2.47. The minimum absolute atomic E-state index is 0.0127. The molecule has 2 nitrogen and oxygen atoms in total. The highest BCUT2D eigenvalue weighted by atomic mass is 35.5. The molecule has 206 valence electrons. The standard InChI is InChI=1S/C16H4ClF17O2/c17-9(35)5-1-3-6(4-2-5)36-8(12(20,21)22)7(10(18,13(23,24)25)14(26,27)28)11(19,15(29,30)31)16(32,33)34/h1-4H. The van der Waals surface area contributed by atoms with Crippen molar-refractivity contribution in [2.24, 2.45) is 0 Å². The van der Waals surface area contributed by atoms with Gasteiger partial charge in [-0.3, -0.25) is 4.79 Å². The first-order chi connectivity index (χ1) is 15.6. The summed E-state index contributed by atoms with van der Waals surface area (Å²) < 4.78 is 230. The zero-order chi connectivity index (χ0) is 28.9. The average molecular weight is 587 g/mol. The molecule has 1 aromatic rings. The van der Waals surface area contributed by atoms with E-state index >= 15 is 0 Å². The average Bonchev–Trinajstić information content (AvgIpc) is 2.63. The number of carbonyl (C=O) groups is 1. The molecule has 0 radical (unpaired) electrons. The third-order valence-corrected chi connectivity index (χ3v) is 4.26. The maximum atomic E-state index is 14.5. The normalized spacial score (nSPS) is 14.5. The number of hydrogen-bond donors (Lipinski definition) is 0. The number of benzene rings is 1. The maximum Gasteiger partial charge on any atom is 0.449 e. The first-order valence-corrected chi connectivity index (χ1v) is 8.46. The molecule has 36 heavy (non-hydrogen) atoms. The topological polar surface area (TPSA) is 26.3 Å². The van der Waals surface area contributed by atoms with Gasteiger partial charge < -0.3 is 4.74 Å². The van der Waals surface area contributed by atoms with Crippen LogP contribution >= 0.6 is 11.6 Å². The summed E-state index contributed by atoms with van der Waals surface area (Å²) in [7, 11) is 0. The second kappa shape index (κ2) is 9.13. The first kappa shape index (κ1) is 31.6. The van der Waals surface area contributed by atoms with E-state index in [1.165, 1.54) is 0 Å². The van der Waals surface area contributed by atoms with E-state index in [2.05, 4.69) is 4.74 Å². The van der Waals surface area contributed by atoms with Gasteiger partial charge in [0.05, 0.1) is 5.57 Å². The largest absolute Gasteiger partial charge is 0.452 e. The van der Waals surface area contributed by atoms with E-state index < -0.39 is 70.1 Å². The van der Waals surface area contributed by atoms with Crippen LogP contribution in [0.15, 0.2) is 35.6 Å². The predicted molar refractivity (Wildman–Crippen MR) is 82.2 cm³/mol. The number of halogens is 18. The summed E-state index contributed by atoms with van der Waals surface area (Å²) in [4.78, 5) is 10.9. The molecule has 0 unspecified atom stereocenters. The fourth-order valence-corrected chi connectivity index (χ4v) is 2.59. The fourth-order valence-electron chi connectivity index (χ4n) is 2.46. The zero-order valence-electron chi connectivity index (χ0n) is 15.9. The van der Waals surface area contributed by atoms with Gasteiger partial charge in [0.25, 0.3) is 5.24 Å². The van der Waals surface area contributed by atoms with Crippen molar-refractivity contribution in [2.75, 3.05) is 0 Å². The summed E-state index contributed by atoms with van der Waals surface area (Å²) in [5.74, 6) is -6.43. The van der Waals surface area contributed by atoms with Crippen LogP contribution in [0.5, 0.6) is 5.75 Å². The summed E-state index contributed by atoms with van der Waals surface area (Å²) in [6, 6.07) is 0.567. The molecule has 0 N–H and O–H groups in total. The Labute approximate surface area is 191 Å². The Bertz CT molecular complexity index is 924. The molecular weight excluding hydrogens is 583 g/mol. The third-order valence-electron chi connectivity index (χ3n) is 4.04. The number of ether oxygens (including phenoxy) is 1. The van der Waals surface area contributed by atoms with Gasteiger partial charge in [0.15, 0.2) is 0 Å². The molecule has 0 bridgehead atoms. The Morgan fingerprint density at radius 1 is 0.583 bits per heavy atom. The molecule has 0 fully saturated rings. The number of alkyl halides is 17. The minimum atomic E-state index is -8.27. The quantitative estimate of drug-likeness (QED) is 0.199. The van der Waals surface area contributed by atoms with Crippen LogP contribution in [-0.4, -0.2) is 47.5 Å². The molecule has 0 aliphatic carbocycles. The highest BCUT2D eigenvalue weighted by Gasteiger charge is 2.88. The van der Waals surface area contributed by atoms with E-state index in [0.29, 0.717) is 12.1 Å². The fraction of sp³-hybridized carbons (Fsp3) is 0.438. The van der Waals surface area contributed by atoms with Gasteiger partial charge in [-0.05, 0) is 35.9 Å².